The van der Waals surface area contributed by atoms with Crippen molar-refractivity contribution in [3.05, 3.63) is 16.1 Å². The van der Waals surface area contributed by atoms with Gasteiger partial charge in [-0.2, -0.15) is 0 Å². The molecule has 0 radical (unpaired) electrons. The lowest BCUT2D eigenvalue weighted by molar-refractivity contribution is -0.152. The maximum absolute atomic E-state index is 12.7. The van der Waals surface area contributed by atoms with Crippen molar-refractivity contribution in [3.8, 4) is 0 Å². The summed E-state index contributed by atoms with van der Waals surface area (Å²) >= 11 is 3.62. The van der Waals surface area contributed by atoms with Crippen LogP contribution in [0.1, 0.15) is 17.1 Å². The van der Waals surface area contributed by atoms with Crippen LogP contribution in [-0.2, 0) is 26.2 Å². The van der Waals surface area contributed by atoms with Gasteiger partial charge in [0.15, 0.2) is 10.5 Å². The third-order valence-electron chi connectivity index (χ3n) is 4.94. The van der Waals surface area contributed by atoms with Gasteiger partial charge in [-0.05, 0) is 0 Å². The van der Waals surface area contributed by atoms with Crippen LogP contribution >= 0.6 is 34.4 Å². The number of thioether (sulfide) groups is 1. The number of aromatic nitrogens is 3. The fraction of sp³-hybridized carbons (Fsp3) is 0.500. The van der Waals surface area contributed by atoms with Gasteiger partial charge in [-0.1, -0.05) is 11.3 Å². The first-order chi connectivity index (χ1) is 14.2. The number of carbonyl (C=O) groups excluding carboxylic acids is 2. The molecule has 0 spiro atoms. The van der Waals surface area contributed by atoms with E-state index >= 15 is 0 Å². The summed E-state index contributed by atoms with van der Waals surface area (Å²) in [5.74, 6) is -1.66. The highest BCUT2D eigenvalue weighted by Gasteiger charge is 2.60. The van der Waals surface area contributed by atoms with Gasteiger partial charge in [-0.15, -0.1) is 33.3 Å². The van der Waals surface area contributed by atoms with Crippen LogP contribution in [0.5, 0.6) is 0 Å². The Labute approximate surface area is 183 Å². The molecule has 0 bridgehead atoms. The molecule has 2 fully saturated rings. The normalized spacial score (nSPS) is 25.4. The number of β-lactam (4-membered cyclic amide) rings is 1. The predicted octanol–water partition coefficient (Wildman–Crippen LogP) is -0.0446. The Hall–Kier alpha value is -2.45. The Morgan fingerprint density at radius 2 is 2.20 bits per heavy atom. The molecule has 2 amide bonds. The number of anilines is 2. The molecule has 2 unspecified atom stereocenters. The molecule has 2 aliphatic heterocycles. The van der Waals surface area contributed by atoms with E-state index in [0.29, 0.717) is 22.4 Å². The standard InChI is InChI=1S/C16H19N7O4S3/c1-22(2)15-21-20-12(30-15)16(13(26)27)6-23-9(25)4-10(23)29-11(16)19-8(24)3-7-5-28-14(17)18-7/h5,10-11H,3-4,6H2,1-2H3,(H2,17,18)(H,19,24)(H,26,27)/t10-,11?,16?/m1/s1. The summed E-state index contributed by atoms with van der Waals surface area (Å²) in [5.41, 5.74) is 4.52. The van der Waals surface area contributed by atoms with E-state index in [1.54, 1.807) is 24.4 Å². The van der Waals surface area contributed by atoms with E-state index in [1.165, 1.54) is 28.0 Å². The van der Waals surface area contributed by atoms with Gasteiger partial charge in [-0.3, -0.25) is 14.4 Å². The lowest BCUT2D eigenvalue weighted by Gasteiger charge is -2.52. The smallest absolute Gasteiger partial charge is 0.321 e. The van der Waals surface area contributed by atoms with Crippen molar-refractivity contribution >= 4 is 62.5 Å². The first-order valence-corrected chi connectivity index (χ1v) is 11.5. The summed E-state index contributed by atoms with van der Waals surface area (Å²) in [6, 6.07) is 0. The van der Waals surface area contributed by atoms with E-state index < -0.39 is 16.8 Å². The minimum atomic E-state index is -1.61. The number of thiazole rings is 1. The molecule has 0 saturated carbocycles. The van der Waals surface area contributed by atoms with E-state index in [4.69, 9.17) is 5.73 Å². The van der Waals surface area contributed by atoms with Gasteiger partial charge in [0, 0.05) is 26.0 Å². The van der Waals surface area contributed by atoms with Crippen molar-refractivity contribution in [2.45, 2.75) is 29.0 Å². The maximum atomic E-state index is 12.7. The Morgan fingerprint density at radius 1 is 1.43 bits per heavy atom. The fourth-order valence-corrected chi connectivity index (χ4v) is 6.53. The maximum Gasteiger partial charge on any atom is 0.321 e. The predicted molar refractivity (Wildman–Crippen MR) is 113 cm³/mol. The van der Waals surface area contributed by atoms with Crippen LogP contribution < -0.4 is 16.0 Å². The number of nitrogens with two attached hydrogens (primary N) is 1. The first kappa shape index (κ1) is 20.8. The molecule has 0 aliphatic carbocycles. The van der Waals surface area contributed by atoms with Gasteiger partial charge < -0.3 is 26.0 Å². The van der Waals surface area contributed by atoms with Crippen molar-refractivity contribution < 1.29 is 19.5 Å². The monoisotopic (exact) mass is 469 g/mol. The third-order valence-corrected chi connectivity index (χ3v) is 8.46. The quantitative estimate of drug-likeness (QED) is 0.491. The highest BCUT2D eigenvalue weighted by molar-refractivity contribution is 8.00. The molecular weight excluding hydrogens is 450 g/mol. The van der Waals surface area contributed by atoms with E-state index in [9.17, 15) is 19.5 Å². The molecule has 2 aromatic heterocycles. The Balaban J connectivity index is 1.66. The molecule has 4 heterocycles. The molecule has 160 valence electrons. The van der Waals surface area contributed by atoms with E-state index in [0.717, 1.165) is 11.3 Å². The topological polar surface area (TPSA) is 155 Å². The molecule has 4 N–H and O–H groups in total. The first-order valence-electron chi connectivity index (χ1n) is 8.89. The number of rotatable bonds is 6. The lowest BCUT2D eigenvalue weighted by atomic mass is 9.85. The summed E-state index contributed by atoms with van der Waals surface area (Å²) in [5, 5.41) is 23.1. The van der Waals surface area contributed by atoms with Crippen molar-refractivity contribution in [1.82, 2.24) is 25.4 Å². The van der Waals surface area contributed by atoms with E-state index in [2.05, 4.69) is 20.5 Å². The highest BCUT2D eigenvalue weighted by Crippen LogP contribution is 2.48. The second-order valence-electron chi connectivity index (χ2n) is 7.18. The fourth-order valence-electron chi connectivity index (χ4n) is 3.31. The number of hydrogen-bond acceptors (Lipinski definition) is 11. The van der Waals surface area contributed by atoms with Crippen LogP contribution in [0.2, 0.25) is 0 Å². The number of carboxylic acids is 1. The number of carboxylic acid groups (broad SMARTS) is 1. The van der Waals surface area contributed by atoms with Crippen LogP contribution in [0.4, 0.5) is 10.3 Å². The number of nitrogens with zero attached hydrogens (tertiary/aromatic N) is 5. The Bertz CT molecular complexity index is 1010. The average Bonchev–Trinajstić information content (AvgIpc) is 3.31. The number of nitrogen functional groups attached to an aromatic ring is 1. The highest BCUT2D eigenvalue weighted by atomic mass is 32.2. The van der Waals surface area contributed by atoms with Crippen LogP contribution in [0.25, 0.3) is 0 Å². The number of aliphatic carboxylic acids is 1. The molecular formula is C16H19N7O4S3. The zero-order chi connectivity index (χ0) is 21.6. The van der Waals surface area contributed by atoms with Crippen LogP contribution in [0, 0.1) is 0 Å². The number of hydrogen-bond donors (Lipinski definition) is 3. The molecule has 30 heavy (non-hydrogen) atoms. The van der Waals surface area contributed by atoms with Crippen LogP contribution in [0.3, 0.4) is 0 Å². The Morgan fingerprint density at radius 3 is 2.77 bits per heavy atom. The number of carbonyl (C=O) groups is 3. The van der Waals surface area contributed by atoms with Gasteiger partial charge >= 0.3 is 5.97 Å². The second-order valence-corrected chi connectivity index (χ2v) is 10.3. The minimum absolute atomic E-state index is 0.0210. The van der Waals surface area contributed by atoms with Crippen LogP contribution in [0.15, 0.2) is 5.38 Å². The van der Waals surface area contributed by atoms with Gasteiger partial charge in [0.05, 0.1) is 23.9 Å². The second kappa shape index (κ2) is 7.67. The molecule has 2 aromatic rings. The summed E-state index contributed by atoms with van der Waals surface area (Å²) in [6.07, 6.45) is 0.293. The summed E-state index contributed by atoms with van der Waals surface area (Å²) in [6.45, 7) is -0.0739. The van der Waals surface area contributed by atoms with E-state index in [1.807, 2.05) is 0 Å². The molecule has 0 aromatic carbocycles. The largest absolute Gasteiger partial charge is 0.480 e. The van der Waals surface area contributed by atoms with Crippen molar-refractivity contribution in [2.24, 2.45) is 0 Å². The third kappa shape index (κ3) is 3.48. The molecule has 4 rings (SSSR count). The molecule has 2 saturated heterocycles. The van der Waals surface area contributed by atoms with Gasteiger partial charge in [-0.25, -0.2) is 4.98 Å². The van der Waals surface area contributed by atoms with Gasteiger partial charge in [0.2, 0.25) is 16.9 Å². The Kier molecular flexibility index (Phi) is 5.32. The molecule has 3 atom stereocenters. The van der Waals surface area contributed by atoms with Gasteiger partial charge in [0.25, 0.3) is 0 Å². The summed E-state index contributed by atoms with van der Waals surface area (Å²) < 4.78 is 0. The number of fused-ring (bicyclic) bond motifs is 1. The lowest BCUT2D eigenvalue weighted by Crippen LogP contribution is -2.69. The van der Waals surface area contributed by atoms with Crippen molar-refractivity contribution in [2.75, 3.05) is 31.3 Å². The number of amides is 2. The van der Waals surface area contributed by atoms with Crippen LogP contribution in [-0.4, -0.2) is 74.4 Å². The van der Waals surface area contributed by atoms with Crippen molar-refractivity contribution in [3.63, 3.8) is 0 Å². The van der Waals surface area contributed by atoms with Gasteiger partial charge in [0.1, 0.15) is 10.4 Å². The zero-order valence-corrected chi connectivity index (χ0v) is 18.5. The molecule has 11 nitrogen and oxygen atoms in total. The molecule has 2 aliphatic rings. The SMILES string of the molecule is CN(C)c1nnc(C2(C(=O)O)CN3C(=O)C[C@H]3SC2NC(=O)Cc2csc(N)n2)s1. The van der Waals surface area contributed by atoms with E-state index in [-0.39, 0.29) is 35.2 Å². The number of nitrogens with one attached hydrogen (secondary N) is 1. The van der Waals surface area contributed by atoms with Crippen molar-refractivity contribution in [1.29, 1.82) is 0 Å². The summed E-state index contributed by atoms with van der Waals surface area (Å²) in [4.78, 5) is 44.7. The average molecular weight is 470 g/mol. The molecule has 14 heteroatoms. The summed E-state index contributed by atoms with van der Waals surface area (Å²) in [7, 11) is 3.56. The zero-order valence-electron chi connectivity index (χ0n) is 16.1. The minimum Gasteiger partial charge on any atom is -0.480 e.